The molecule has 0 aromatic heterocycles. The van der Waals surface area contributed by atoms with Gasteiger partial charge in [0.1, 0.15) is 0 Å². The molecule has 0 unspecified atom stereocenters. The maximum absolute atomic E-state index is 6.00. The van der Waals surface area contributed by atoms with Crippen molar-refractivity contribution in [2.24, 2.45) is 0 Å². The van der Waals surface area contributed by atoms with Crippen LogP contribution in [-0.2, 0) is 4.74 Å². The van der Waals surface area contributed by atoms with Crippen LogP contribution in [-0.4, -0.2) is 12.2 Å². The third kappa shape index (κ3) is 4.22. The molecule has 1 nitrogen and oxygen atoms in total. The molecule has 0 bridgehead atoms. The Bertz CT molecular complexity index is 443. The molecule has 0 amide bonds. The van der Waals surface area contributed by atoms with Crippen LogP contribution < -0.4 is 0 Å². The summed E-state index contributed by atoms with van der Waals surface area (Å²) in [6, 6.07) is 21.1. The molecule has 19 heavy (non-hydrogen) atoms. The van der Waals surface area contributed by atoms with Gasteiger partial charge in [0, 0.05) is 5.92 Å². The Morgan fingerprint density at radius 1 is 0.789 bits per heavy atom. The van der Waals surface area contributed by atoms with Crippen LogP contribution in [0.25, 0.3) is 0 Å². The minimum absolute atomic E-state index is 0.109. The van der Waals surface area contributed by atoms with Crippen LogP contribution >= 0.6 is 0 Å². The lowest BCUT2D eigenvalue weighted by molar-refractivity contribution is -0.00665. The van der Waals surface area contributed by atoms with E-state index in [-0.39, 0.29) is 5.60 Å². The van der Waals surface area contributed by atoms with E-state index in [0.29, 0.717) is 12.5 Å². The summed E-state index contributed by atoms with van der Waals surface area (Å²) >= 11 is 0. The van der Waals surface area contributed by atoms with Gasteiger partial charge >= 0.3 is 0 Å². The van der Waals surface area contributed by atoms with Gasteiger partial charge in [-0.3, -0.25) is 0 Å². The van der Waals surface area contributed by atoms with Crippen molar-refractivity contribution >= 4 is 0 Å². The second-order valence-electron chi connectivity index (χ2n) is 5.80. The van der Waals surface area contributed by atoms with Gasteiger partial charge in [-0.25, -0.2) is 0 Å². The highest BCUT2D eigenvalue weighted by Crippen LogP contribution is 2.26. The Labute approximate surface area is 116 Å². The van der Waals surface area contributed by atoms with E-state index in [1.165, 1.54) is 11.1 Å². The molecular formula is C18H22O. The quantitative estimate of drug-likeness (QED) is 0.772. The molecule has 0 heterocycles. The molecule has 0 fully saturated rings. The van der Waals surface area contributed by atoms with E-state index in [2.05, 4.69) is 81.4 Å². The van der Waals surface area contributed by atoms with Gasteiger partial charge in [0.05, 0.1) is 12.2 Å². The molecule has 100 valence electrons. The summed E-state index contributed by atoms with van der Waals surface area (Å²) in [6.45, 7) is 7.00. The minimum atomic E-state index is -0.109. The summed E-state index contributed by atoms with van der Waals surface area (Å²) in [7, 11) is 0. The van der Waals surface area contributed by atoms with Crippen LogP contribution in [0.3, 0.4) is 0 Å². The molecule has 0 saturated carbocycles. The largest absolute Gasteiger partial charge is 0.375 e. The first-order chi connectivity index (χ1) is 9.06. The Morgan fingerprint density at radius 3 is 1.58 bits per heavy atom. The predicted octanol–water partition coefficient (Wildman–Crippen LogP) is 4.63. The monoisotopic (exact) mass is 254 g/mol. The Kier molecular flexibility index (Phi) is 4.39. The van der Waals surface area contributed by atoms with Gasteiger partial charge in [0.2, 0.25) is 0 Å². The van der Waals surface area contributed by atoms with Crippen LogP contribution in [0.15, 0.2) is 60.7 Å². The van der Waals surface area contributed by atoms with Crippen molar-refractivity contribution in [1.82, 2.24) is 0 Å². The maximum atomic E-state index is 6.00. The number of hydrogen-bond donors (Lipinski definition) is 0. The second kappa shape index (κ2) is 6.03. The highest BCUT2D eigenvalue weighted by Gasteiger charge is 2.18. The number of ether oxygens (including phenoxy) is 1. The van der Waals surface area contributed by atoms with Crippen molar-refractivity contribution in [2.45, 2.75) is 32.3 Å². The molecule has 2 aromatic carbocycles. The SMILES string of the molecule is CC(C)(C)OCC(c1ccccc1)c1ccccc1. The first-order valence-corrected chi connectivity index (χ1v) is 6.80. The van der Waals surface area contributed by atoms with E-state index in [1.807, 2.05) is 0 Å². The molecule has 2 rings (SSSR count). The number of rotatable bonds is 4. The predicted molar refractivity (Wildman–Crippen MR) is 80.4 cm³/mol. The second-order valence-corrected chi connectivity index (χ2v) is 5.80. The van der Waals surface area contributed by atoms with Crippen LogP contribution in [0.5, 0.6) is 0 Å². The Hall–Kier alpha value is -1.60. The molecule has 0 aliphatic rings. The van der Waals surface area contributed by atoms with Gasteiger partial charge < -0.3 is 4.74 Å². The third-order valence-electron chi connectivity index (χ3n) is 3.09. The summed E-state index contributed by atoms with van der Waals surface area (Å²) in [4.78, 5) is 0. The molecule has 0 aliphatic carbocycles. The fourth-order valence-electron chi connectivity index (χ4n) is 2.09. The lowest BCUT2D eigenvalue weighted by Crippen LogP contribution is -2.23. The van der Waals surface area contributed by atoms with Crippen molar-refractivity contribution in [3.8, 4) is 0 Å². The molecule has 1 heteroatoms. The van der Waals surface area contributed by atoms with Gasteiger partial charge in [0.15, 0.2) is 0 Å². The molecule has 0 spiro atoms. The lowest BCUT2D eigenvalue weighted by Gasteiger charge is -2.25. The van der Waals surface area contributed by atoms with Crippen LogP contribution in [0.4, 0.5) is 0 Å². The summed E-state index contributed by atoms with van der Waals surface area (Å²) in [5.74, 6) is 0.293. The van der Waals surface area contributed by atoms with E-state index >= 15 is 0 Å². The summed E-state index contributed by atoms with van der Waals surface area (Å²) < 4.78 is 6.00. The molecule has 0 atom stereocenters. The molecule has 0 aliphatic heterocycles. The average molecular weight is 254 g/mol. The van der Waals surface area contributed by atoms with E-state index in [1.54, 1.807) is 0 Å². The summed E-state index contributed by atoms with van der Waals surface area (Å²) in [6.07, 6.45) is 0. The molecule has 0 saturated heterocycles. The minimum Gasteiger partial charge on any atom is -0.375 e. The lowest BCUT2D eigenvalue weighted by atomic mass is 9.92. The Morgan fingerprint density at radius 2 is 1.21 bits per heavy atom. The van der Waals surface area contributed by atoms with E-state index in [9.17, 15) is 0 Å². The third-order valence-corrected chi connectivity index (χ3v) is 3.09. The van der Waals surface area contributed by atoms with Crippen LogP contribution in [0, 0.1) is 0 Å². The smallest absolute Gasteiger partial charge is 0.0598 e. The first kappa shape index (κ1) is 13.8. The van der Waals surface area contributed by atoms with E-state index in [0.717, 1.165) is 0 Å². The zero-order chi connectivity index (χ0) is 13.7. The van der Waals surface area contributed by atoms with Crippen LogP contribution in [0.1, 0.15) is 37.8 Å². The van der Waals surface area contributed by atoms with E-state index in [4.69, 9.17) is 4.74 Å². The van der Waals surface area contributed by atoms with Gasteiger partial charge in [-0.1, -0.05) is 60.7 Å². The van der Waals surface area contributed by atoms with Gasteiger partial charge in [-0.15, -0.1) is 0 Å². The molecule has 0 radical (unpaired) electrons. The van der Waals surface area contributed by atoms with E-state index < -0.39 is 0 Å². The zero-order valence-electron chi connectivity index (χ0n) is 12.0. The average Bonchev–Trinajstić information content (AvgIpc) is 2.40. The van der Waals surface area contributed by atoms with Gasteiger partial charge in [0.25, 0.3) is 0 Å². The number of benzene rings is 2. The van der Waals surface area contributed by atoms with Crippen molar-refractivity contribution in [3.05, 3.63) is 71.8 Å². The standard InChI is InChI=1S/C18H22O/c1-18(2,3)19-14-17(15-10-6-4-7-11-15)16-12-8-5-9-13-16/h4-13,17H,14H2,1-3H3. The molecule has 0 N–H and O–H groups in total. The van der Waals surface area contributed by atoms with Gasteiger partial charge in [-0.2, -0.15) is 0 Å². The van der Waals surface area contributed by atoms with Crippen LogP contribution in [0.2, 0.25) is 0 Å². The van der Waals surface area contributed by atoms with Crippen molar-refractivity contribution in [2.75, 3.05) is 6.61 Å². The first-order valence-electron chi connectivity index (χ1n) is 6.80. The fraction of sp³-hybridized carbons (Fsp3) is 0.333. The summed E-state index contributed by atoms with van der Waals surface area (Å²) in [5.41, 5.74) is 2.50. The van der Waals surface area contributed by atoms with Crippen molar-refractivity contribution < 1.29 is 4.74 Å². The zero-order valence-corrected chi connectivity index (χ0v) is 12.0. The Balaban J connectivity index is 2.24. The maximum Gasteiger partial charge on any atom is 0.0598 e. The molecular weight excluding hydrogens is 232 g/mol. The highest BCUT2D eigenvalue weighted by molar-refractivity contribution is 5.32. The molecule has 2 aromatic rings. The normalized spacial score (nSPS) is 11.8. The number of hydrogen-bond acceptors (Lipinski definition) is 1. The fourth-order valence-corrected chi connectivity index (χ4v) is 2.09. The van der Waals surface area contributed by atoms with Crippen molar-refractivity contribution in [3.63, 3.8) is 0 Å². The van der Waals surface area contributed by atoms with Crippen molar-refractivity contribution in [1.29, 1.82) is 0 Å². The summed E-state index contributed by atoms with van der Waals surface area (Å²) in [5, 5.41) is 0. The highest BCUT2D eigenvalue weighted by atomic mass is 16.5. The van der Waals surface area contributed by atoms with Gasteiger partial charge in [-0.05, 0) is 31.9 Å². The topological polar surface area (TPSA) is 9.23 Å².